The lowest BCUT2D eigenvalue weighted by Crippen LogP contribution is -2.24. The molecule has 0 radical (unpaired) electrons. The minimum absolute atomic E-state index is 0.0157. The number of hydrogen-bond donors (Lipinski definition) is 1. The molecule has 21 heavy (non-hydrogen) atoms. The zero-order valence-electron chi connectivity index (χ0n) is 11.1. The Kier molecular flexibility index (Phi) is 3.95. The fourth-order valence-electron chi connectivity index (χ4n) is 2.54. The molecule has 2 aromatic rings. The number of alkyl halides is 2. The molecular formula is C16H14BrF2NO. The lowest BCUT2D eigenvalue weighted by Gasteiger charge is -2.30. The van der Waals surface area contributed by atoms with E-state index in [1.165, 1.54) is 12.1 Å². The Bertz CT molecular complexity index is 645. The zero-order valence-corrected chi connectivity index (χ0v) is 12.7. The van der Waals surface area contributed by atoms with Gasteiger partial charge < -0.3 is 10.5 Å². The van der Waals surface area contributed by atoms with Crippen LogP contribution in [0.1, 0.15) is 41.7 Å². The van der Waals surface area contributed by atoms with Crippen molar-refractivity contribution in [3.05, 3.63) is 63.6 Å². The van der Waals surface area contributed by atoms with Crippen molar-refractivity contribution in [2.45, 2.75) is 25.0 Å². The van der Waals surface area contributed by atoms with Crippen molar-refractivity contribution in [2.24, 2.45) is 5.73 Å². The van der Waals surface area contributed by atoms with Crippen LogP contribution in [-0.2, 0) is 0 Å². The van der Waals surface area contributed by atoms with Gasteiger partial charge in [0.2, 0.25) is 0 Å². The highest BCUT2D eigenvalue weighted by Gasteiger charge is 2.27. The number of rotatable bonds is 2. The fourth-order valence-corrected chi connectivity index (χ4v) is 2.88. The summed E-state index contributed by atoms with van der Waals surface area (Å²) in [7, 11) is 0. The summed E-state index contributed by atoms with van der Waals surface area (Å²) in [6, 6.07) is 11.9. The third-order valence-corrected chi connectivity index (χ3v) is 4.17. The summed E-state index contributed by atoms with van der Waals surface area (Å²) >= 11 is 3.41. The Morgan fingerprint density at radius 2 is 1.86 bits per heavy atom. The molecule has 5 heteroatoms. The zero-order chi connectivity index (χ0) is 15.0. The number of nitrogens with two attached hydrogens (primary N) is 1. The largest absolute Gasteiger partial charge is 0.485 e. The molecule has 0 fully saturated rings. The first-order chi connectivity index (χ1) is 10.0. The number of ether oxygens (including phenoxy) is 1. The minimum Gasteiger partial charge on any atom is -0.485 e. The van der Waals surface area contributed by atoms with Crippen molar-refractivity contribution in [1.29, 1.82) is 0 Å². The van der Waals surface area contributed by atoms with Gasteiger partial charge >= 0.3 is 0 Å². The predicted octanol–water partition coefficient (Wildman–Crippen LogP) is 4.91. The normalized spacial score (nSPS) is 21.0. The highest BCUT2D eigenvalue weighted by atomic mass is 79.9. The number of halogens is 3. The summed E-state index contributed by atoms with van der Waals surface area (Å²) in [5.74, 6) is 0.742. The van der Waals surface area contributed by atoms with Gasteiger partial charge in [0, 0.05) is 28.1 Å². The second-order valence-corrected chi connectivity index (χ2v) is 6.01. The summed E-state index contributed by atoms with van der Waals surface area (Å²) in [5.41, 5.74) is 8.04. The van der Waals surface area contributed by atoms with Gasteiger partial charge in [0.05, 0.1) is 0 Å². The molecule has 2 N–H and O–H groups in total. The highest BCUT2D eigenvalue weighted by Crippen LogP contribution is 2.41. The van der Waals surface area contributed by atoms with Gasteiger partial charge in [0.15, 0.2) is 0 Å². The second-order valence-electron chi connectivity index (χ2n) is 5.10. The molecule has 110 valence electrons. The first kappa shape index (κ1) is 14.5. The van der Waals surface area contributed by atoms with Gasteiger partial charge in [-0.15, -0.1) is 0 Å². The maximum absolute atomic E-state index is 12.6. The Balaban J connectivity index is 1.88. The van der Waals surface area contributed by atoms with Crippen LogP contribution in [0.25, 0.3) is 0 Å². The average Bonchev–Trinajstić information content (AvgIpc) is 2.46. The van der Waals surface area contributed by atoms with Crippen molar-refractivity contribution in [2.75, 3.05) is 0 Å². The van der Waals surface area contributed by atoms with Crippen molar-refractivity contribution in [3.63, 3.8) is 0 Å². The smallest absolute Gasteiger partial charge is 0.263 e. The van der Waals surface area contributed by atoms with Gasteiger partial charge in [0.25, 0.3) is 6.43 Å². The number of hydrogen-bond acceptors (Lipinski definition) is 2. The van der Waals surface area contributed by atoms with E-state index >= 15 is 0 Å². The number of fused-ring (bicyclic) bond motifs is 1. The van der Waals surface area contributed by atoms with Crippen molar-refractivity contribution < 1.29 is 13.5 Å². The van der Waals surface area contributed by atoms with Crippen molar-refractivity contribution in [3.8, 4) is 5.75 Å². The van der Waals surface area contributed by atoms with E-state index in [0.717, 1.165) is 21.3 Å². The van der Waals surface area contributed by atoms with E-state index in [4.69, 9.17) is 10.5 Å². The lowest BCUT2D eigenvalue weighted by molar-refractivity contribution is 0.150. The summed E-state index contributed by atoms with van der Waals surface area (Å²) in [5, 5.41) is 0. The van der Waals surface area contributed by atoms with Crippen LogP contribution in [0.5, 0.6) is 5.75 Å². The molecule has 1 heterocycles. The van der Waals surface area contributed by atoms with E-state index in [-0.39, 0.29) is 17.7 Å². The van der Waals surface area contributed by atoms with Gasteiger partial charge in [-0.05, 0) is 17.7 Å². The molecule has 1 aliphatic rings. The summed E-state index contributed by atoms with van der Waals surface area (Å²) in [6.45, 7) is 0. The topological polar surface area (TPSA) is 35.2 Å². The van der Waals surface area contributed by atoms with E-state index in [9.17, 15) is 8.78 Å². The van der Waals surface area contributed by atoms with Crippen LogP contribution in [0.2, 0.25) is 0 Å². The predicted molar refractivity (Wildman–Crippen MR) is 80.5 cm³/mol. The van der Waals surface area contributed by atoms with E-state index in [1.807, 2.05) is 18.2 Å². The van der Waals surface area contributed by atoms with Crippen LogP contribution >= 0.6 is 15.9 Å². The maximum Gasteiger partial charge on any atom is 0.263 e. The lowest BCUT2D eigenvalue weighted by atomic mass is 9.93. The van der Waals surface area contributed by atoms with Crippen molar-refractivity contribution >= 4 is 15.9 Å². The summed E-state index contributed by atoms with van der Waals surface area (Å²) < 4.78 is 32.1. The molecule has 3 rings (SSSR count). The molecule has 0 aromatic heterocycles. The van der Waals surface area contributed by atoms with Gasteiger partial charge in [-0.1, -0.05) is 46.3 Å². The Morgan fingerprint density at radius 3 is 2.52 bits per heavy atom. The first-order valence-electron chi connectivity index (χ1n) is 6.64. The Hall–Kier alpha value is -1.46. The highest BCUT2D eigenvalue weighted by molar-refractivity contribution is 9.10. The Labute approximate surface area is 130 Å². The number of benzene rings is 2. The minimum atomic E-state index is -2.45. The monoisotopic (exact) mass is 353 g/mol. The quantitative estimate of drug-likeness (QED) is 0.832. The van der Waals surface area contributed by atoms with Crippen LogP contribution in [0.15, 0.2) is 46.9 Å². The van der Waals surface area contributed by atoms with Crippen LogP contribution in [0.4, 0.5) is 8.78 Å². The van der Waals surface area contributed by atoms with Gasteiger partial charge in [-0.2, -0.15) is 0 Å². The van der Waals surface area contributed by atoms with E-state index in [0.29, 0.717) is 6.42 Å². The molecule has 0 spiro atoms. The third kappa shape index (κ3) is 2.94. The van der Waals surface area contributed by atoms with E-state index in [1.54, 1.807) is 12.1 Å². The molecule has 0 aliphatic carbocycles. The molecule has 1 aliphatic heterocycles. The summed E-state index contributed by atoms with van der Waals surface area (Å²) in [6.07, 6.45) is -2.04. The molecule has 0 saturated heterocycles. The van der Waals surface area contributed by atoms with Crippen molar-refractivity contribution in [1.82, 2.24) is 0 Å². The van der Waals surface area contributed by atoms with Gasteiger partial charge in [-0.25, -0.2) is 8.78 Å². The van der Waals surface area contributed by atoms with Crippen LogP contribution in [0.3, 0.4) is 0 Å². The maximum atomic E-state index is 12.6. The van der Waals surface area contributed by atoms with E-state index < -0.39 is 6.43 Å². The van der Waals surface area contributed by atoms with Crippen LogP contribution < -0.4 is 10.5 Å². The Morgan fingerprint density at radius 1 is 1.14 bits per heavy atom. The second kappa shape index (κ2) is 5.73. The average molecular weight is 354 g/mol. The standard InChI is InChI=1S/C16H14BrF2NO/c17-11-5-6-12-13(20)8-14(21-15(12)7-11)9-1-3-10(4-2-9)16(18)19/h1-7,13-14,16H,8,20H2. The van der Waals surface area contributed by atoms with Gasteiger partial charge in [0.1, 0.15) is 11.9 Å². The fraction of sp³-hybridized carbons (Fsp3) is 0.250. The summed E-state index contributed by atoms with van der Waals surface area (Å²) in [4.78, 5) is 0. The molecular weight excluding hydrogens is 340 g/mol. The van der Waals surface area contributed by atoms with E-state index in [2.05, 4.69) is 15.9 Å². The molecule has 2 unspecified atom stereocenters. The molecule has 2 atom stereocenters. The molecule has 0 amide bonds. The molecule has 2 nitrogen and oxygen atoms in total. The molecule has 0 bridgehead atoms. The molecule has 2 aromatic carbocycles. The first-order valence-corrected chi connectivity index (χ1v) is 7.43. The SMILES string of the molecule is NC1CC(c2ccc(C(F)F)cc2)Oc2cc(Br)ccc21. The molecule has 0 saturated carbocycles. The van der Waals surface area contributed by atoms with Gasteiger partial charge in [-0.3, -0.25) is 0 Å². The third-order valence-electron chi connectivity index (χ3n) is 3.67. The van der Waals surface area contributed by atoms with Crippen LogP contribution in [0, 0.1) is 0 Å². The van der Waals surface area contributed by atoms with Crippen LogP contribution in [-0.4, -0.2) is 0 Å².